The Kier molecular flexibility index (Phi) is 6.77. The Morgan fingerprint density at radius 2 is 1.75 bits per heavy atom. The lowest BCUT2D eigenvalue weighted by Gasteiger charge is -2.26. The van der Waals surface area contributed by atoms with E-state index in [0.717, 1.165) is 19.4 Å². The molecule has 0 saturated carbocycles. The van der Waals surface area contributed by atoms with Crippen LogP contribution in [0.2, 0.25) is 0 Å². The minimum Gasteiger partial charge on any atom is -0.481 e. The number of hydrogen-bond donors (Lipinski definition) is 1. The Morgan fingerprint density at radius 1 is 1.19 bits per heavy atom. The van der Waals surface area contributed by atoms with Gasteiger partial charge in [-0.3, -0.25) is 9.59 Å². The van der Waals surface area contributed by atoms with Crippen LogP contribution in [-0.2, 0) is 9.59 Å². The maximum Gasteiger partial charge on any atom is 0.307 e. The van der Waals surface area contributed by atoms with Crippen LogP contribution in [0, 0.1) is 11.8 Å². The summed E-state index contributed by atoms with van der Waals surface area (Å²) < 4.78 is 0. The van der Waals surface area contributed by atoms with Gasteiger partial charge in [0.15, 0.2) is 0 Å². The number of aliphatic carboxylic acids is 1. The van der Waals surface area contributed by atoms with Crippen LogP contribution in [0.4, 0.5) is 0 Å². The molecule has 1 N–H and O–H groups in total. The normalized spacial score (nSPS) is 14.2. The average Bonchev–Trinajstić information content (AvgIpc) is 2.27. The number of nitrogens with zero attached hydrogens (tertiary/aromatic N) is 1. The van der Waals surface area contributed by atoms with Crippen LogP contribution >= 0.6 is 0 Å². The number of carbonyl (C=O) groups excluding carboxylic acids is 1. The summed E-state index contributed by atoms with van der Waals surface area (Å²) in [6.07, 6.45) is 2.00. The van der Waals surface area contributed by atoms with Gasteiger partial charge in [-0.25, -0.2) is 0 Å². The molecule has 0 spiro atoms. The highest BCUT2D eigenvalue weighted by molar-refractivity contribution is 5.84. The van der Waals surface area contributed by atoms with E-state index in [1.54, 1.807) is 18.7 Å². The highest BCUT2D eigenvalue weighted by atomic mass is 16.4. The summed E-state index contributed by atoms with van der Waals surface area (Å²) >= 11 is 0. The number of rotatable bonds is 7. The fraction of sp³-hybridized carbons (Fsp3) is 0.833. The number of carboxylic acids is 1. The van der Waals surface area contributed by atoms with Gasteiger partial charge in [0, 0.05) is 19.0 Å². The summed E-state index contributed by atoms with van der Waals surface area (Å²) in [6, 6.07) is 0. The quantitative estimate of drug-likeness (QED) is 0.726. The van der Waals surface area contributed by atoms with Crippen molar-refractivity contribution >= 4 is 11.9 Å². The van der Waals surface area contributed by atoms with E-state index in [1.165, 1.54) is 0 Å². The Hall–Kier alpha value is -1.06. The number of carboxylic acid groups (broad SMARTS) is 1. The van der Waals surface area contributed by atoms with Crippen molar-refractivity contribution in [3.63, 3.8) is 0 Å². The number of amides is 1. The lowest BCUT2D eigenvalue weighted by Crippen LogP contribution is -2.39. The summed E-state index contributed by atoms with van der Waals surface area (Å²) in [5.74, 6) is -2.03. The monoisotopic (exact) mass is 229 g/mol. The first-order valence-corrected chi connectivity index (χ1v) is 5.97. The van der Waals surface area contributed by atoms with Gasteiger partial charge < -0.3 is 10.0 Å². The highest BCUT2D eigenvalue weighted by Crippen LogP contribution is 2.15. The molecule has 0 rings (SSSR count). The molecule has 0 aromatic heterocycles. The lowest BCUT2D eigenvalue weighted by atomic mass is 9.94. The molecule has 2 unspecified atom stereocenters. The highest BCUT2D eigenvalue weighted by Gasteiger charge is 2.28. The second-order valence-electron chi connectivity index (χ2n) is 4.19. The topological polar surface area (TPSA) is 57.6 Å². The molecule has 2 atom stereocenters. The summed E-state index contributed by atoms with van der Waals surface area (Å²) in [6.45, 7) is 8.64. The predicted molar refractivity (Wildman–Crippen MR) is 63.1 cm³/mol. The predicted octanol–water partition coefficient (Wildman–Crippen LogP) is 1.99. The second-order valence-corrected chi connectivity index (χ2v) is 4.19. The molecular weight excluding hydrogens is 206 g/mol. The average molecular weight is 229 g/mol. The molecule has 0 aromatic carbocycles. The van der Waals surface area contributed by atoms with Crippen molar-refractivity contribution in [1.29, 1.82) is 0 Å². The molecule has 16 heavy (non-hydrogen) atoms. The van der Waals surface area contributed by atoms with E-state index in [9.17, 15) is 9.59 Å². The molecule has 94 valence electrons. The van der Waals surface area contributed by atoms with Gasteiger partial charge in [0.1, 0.15) is 0 Å². The Labute approximate surface area is 97.6 Å². The van der Waals surface area contributed by atoms with E-state index >= 15 is 0 Å². The molecule has 0 fully saturated rings. The van der Waals surface area contributed by atoms with E-state index in [1.807, 2.05) is 6.92 Å². The molecule has 0 aliphatic carbocycles. The van der Waals surface area contributed by atoms with Crippen molar-refractivity contribution in [2.24, 2.45) is 11.8 Å². The van der Waals surface area contributed by atoms with Crippen LogP contribution in [0.25, 0.3) is 0 Å². The van der Waals surface area contributed by atoms with Crippen molar-refractivity contribution in [3.05, 3.63) is 0 Å². The SMILES string of the molecule is CCCCN(CC)C(=O)C(C)C(C)C(=O)O. The van der Waals surface area contributed by atoms with E-state index in [2.05, 4.69) is 6.92 Å². The van der Waals surface area contributed by atoms with Crippen LogP contribution in [0.15, 0.2) is 0 Å². The Morgan fingerprint density at radius 3 is 2.12 bits per heavy atom. The molecule has 0 heterocycles. The molecule has 0 aliphatic rings. The summed E-state index contributed by atoms with van der Waals surface area (Å²) in [5, 5.41) is 8.86. The number of hydrogen-bond acceptors (Lipinski definition) is 2. The van der Waals surface area contributed by atoms with E-state index < -0.39 is 17.8 Å². The Bertz CT molecular complexity index is 240. The standard InChI is InChI=1S/C12H23NO3/c1-5-7-8-13(6-2)11(14)9(3)10(4)12(15)16/h9-10H,5-8H2,1-4H3,(H,15,16). The second kappa shape index (κ2) is 7.25. The van der Waals surface area contributed by atoms with Crippen LogP contribution in [0.5, 0.6) is 0 Å². The molecule has 0 radical (unpaired) electrons. The molecule has 4 nitrogen and oxygen atoms in total. The zero-order valence-corrected chi connectivity index (χ0v) is 10.7. The van der Waals surface area contributed by atoms with Crippen molar-refractivity contribution in [3.8, 4) is 0 Å². The van der Waals surface area contributed by atoms with Crippen molar-refractivity contribution in [2.75, 3.05) is 13.1 Å². The molecule has 1 amide bonds. The van der Waals surface area contributed by atoms with Gasteiger partial charge in [-0.15, -0.1) is 0 Å². The van der Waals surface area contributed by atoms with Gasteiger partial charge in [0.2, 0.25) is 5.91 Å². The molecule has 0 bridgehead atoms. The fourth-order valence-electron chi connectivity index (χ4n) is 1.49. The molecule has 0 saturated heterocycles. The first-order valence-electron chi connectivity index (χ1n) is 5.97. The number of unbranched alkanes of at least 4 members (excludes halogenated alkanes) is 1. The van der Waals surface area contributed by atoms with Crippen molar-refractivity contribution < 1.29 is 14.7 Å². The molecule has 0 aromatic rings. The Balaban J connectivity index is 4.43. The summed E-state index contributed by atoms with van der Waals surface area (Å²) in [4.78, 5) is 24.5. The first-order chi connectivity index (χ1) is 7.45. The summed E-state index contributed by atoms with van der Waals surface area (Å²) in [5.41, 5.74) is 0. The van der Waals surface area contributed by atoms with Gasteiger partial charge in [0.05, 0.1) is 5.92 Å². The van der Waals surface area contributed by atoms with Crippen LogP contribution in [0.1, 0.15) is 40.5 Å². The summed E-state index contributed by atoms with van der Waals surface area (Å²) in [7, 11) is 0. The van der Waals surface area contributed by atoms with Gasteiger partial charge in [-0.1, -0.05) is 27.2 Å². The first kappa shape index (κ1) is 14.9. The maximum absolute atomic E-state index is 12.0. The zero-order chi connectivity index (χ0) is 12.7. The largest absolute Gasteiger partial charge is 0.481 e. The van der Waals surface area contributed by atoms with E-state index in [0.29, 0.717) is 6.54 Å². The van der Waals surface area contributed by atoms with Gasteiger partial charge >= 0.3 is 5.97 Å². The van der Waals surface area contributed by atoms with Crippen LogP contribution in [0.3, 0.4) is 0 Å². The minimum absolute atomic E-state index is 0.0501. The molecular formula is C12H23NO3. The smallest absolute Gasteiger partial charge is 0.307 e. The van der Waals surface area contributed by atoms with Crippen LogP contribution < -0.4 is 0 Å². The van der Waals surface area contributed by atoms with E-state index in [4.69, 9.17) is 5.11 Å². The van der Waals surface area contributed by atoms with Crippen LogP contribution in [-0.4, -0.2) is 35.0 Å². The third-order valence-electron chi connectivity index (χ3n) is 3.00. The van der Waals surface area contributed by atoms with Crippen molar-refractivity contribution in [1.82, 2.24) is 4.90 Å². The molecule has 0 aliphatic heterocycles. The third-order valence-corrected chi connectivity index (χ3v) is 3.00. The molecule has 4 heteroatoms. The maximum atomic E-state index is 12.0. The van der Waals surface area contributed by atoms with E-state index in [-0.39, 0.29) is 5.91 Å². The third kappa shape index (κ3) is 4.21. The number of carbonyl (C=O) groups is 2. The minimum atomic E-state index is -0.910. The van der Waals surface area contributed by atoms with Gasteiger partial charge in [-0.2, -0.15) is 0 Å². The van der Waals surface area contributed by atoms with Gasteiger partial charge in [0.25, 0.3) is 0 Å². The fourth-order valence-corrected chi connectivity index (χ4v) is 1.49. The zero-order valence-electron chi connectivity index (χ0n) is 10.7. The lowest BCUT2D eigenvalue weighted by molar-refractivity contribution is -0.149. The van der Waals surface area contributed by atoms with Crippen molar-refractivity contribution in [2.45, 2.75) is 40.5 Å². The van der Waals surface area contributed by atoms with Gasteiger partial charge in [-0.05, 0) is 13.3 Å².